The highest BCUT2D eigenvalue weighted by Gasteiger charge is 2.12. The number of carbonyl (C=O) groups excluding carboxylic acids is 1. The molecule has 8 heteroatoms. The van der Waals surface area contributed by atoms with Crippen molar-refractivity contribution >= 4 is 45.9 Å². The molecule has 0 saturated carbocycles. The standard InChI is InChI=1S/C21H15Cl2N3O3/c1-12-7-14(22)8-16(23)20(12)28-11-19(27)25-15-4-5-18-17(9-15)26-21(29-18)13-3-2-6-24-10-13/h2-10H,11H2,1H3,(H,25,27). The van der Waals surface area contributed by atoms with Gasteiger partial charge < -0.3 is 14.5 Å². The third kappa shape index (κ3) is 4.34. The molecule has 0 fully saturated rings. The van der Waals surface area contributed by atoms with Crippen LogP contribution < -0.4 is 10.1 Å². The zero-order chi connectivity index (χ0) is 20.4. The number of hydrogen-bond acceptors (Lipinski definition) is 5. The summed E-state index contributed by atoms with van der Waals surface area (Å²) in [5.41, 5.74) is 3.34. The molecule has 146 valence electrons. The van der Waals surface area contributed by atoms with Crippen molar-refractivity contribution in [2.24, 2.45) is 0 Å². The third-order valence-electron chi connectivity index (χ3n) is 4.12. The highest BCUT2D eigenvalue weighted by molar-refractivity contribution is 6.35. The Bertz CT molecular complexity index is 1170. The van der Waals surface area contributed by atoms with Gasteiger partial charge in [0.1, 0.15) is 11.3 Å². The van der Waals surface area contributed by atoms with Gasteiger partial charge in [-0.05, 0) is 55.0 Å². The molecule has 0 aliphatic carbocycles. The summed E-state index contributed by atoms with van der Waals surface area (Å²) >= 11 is 12.1. The molecule has 29 heavy (non-hydrogen) atoms. The van der Waals surface area contributed by atoms with Gasteiger partial charge in [0.25, 0.3) is 5.91 Å². The van der Waals surface area contributed by atoms with Gasteiger partial charge in [0.05, 0.1) is 10.6 Å². The van der Waals surface area contributed by atoms with Crippen molar-refractivity contribution in [1.82, 2.24) is 9.97 Å². The molecule has 0 saturated heterocycles. The van der Waals surface area contributed by atoms with Gasteiger partial charge >= 0.3 is 0 Å². The maximum atomic E-state index is 12.3. The summed E-state index contributed by atoms with van der Waals surface area (Å²) in [6.07, 6.45) is 3.36. The average molecular weight is 428 g/mol. The number of aryl methyl sites for hydroxylation is 1. The second kappa shape index (κ2) is 8.11. The number of aromatic nitrogens is 2. The topological polar surface area (TPSA) is 77.2 Å². The van der Waals surface area contributed by atoms with Gasteiger partial charge in [0, 0.05) is 23.1 Å². The van der Waals surface area contributed by atoms with Gasteiger partial charge in [0.2, 0.25) is 5.89 Å². The van der Waals surface area contributed by atoms with Crippen molar-refractivity contribution in [2.45, 2.75) is 6.92 Å². The zero-order valence-electron chi connectivity index (χ0n) is 15.3. The Morgan fingerprint density at radius 1 is 1.21 bits per heavy atom. The van der Waals surface area contributed by atoms with Crippen LogP contribution in [0.2, 0.25) is 10.0 Å². The van der Waals surface area contributed by atoms with E-state index in [9.17, 15) is 4.79 Å². The van der Waals surface area contributed by atoms with Crippen LogP contribution in [0.4, 0.5) is 5.69 Å². The van der Waals surface area contributed by atoms with Crippen molar-refractivity contribution in [2.75, 3.05) is 11.9 Å². The first kappa shape index (κ1) is 19.2. The van der Waals surface area contributed by atoms with Crippen molar-refractivity contribution in [3.05, 3.63) is 70.5 Å². The lowest BCUT2D eigenvalue weighted by Gasteiger charge is -2.11. The smallest absolute Gasteiger partial charge is 0.262 e. The van der Waals surface area contributed by atoms with Crippen LogP contribution in [0.3, 0.4) is 0 Å². The first-order valence-electron chi connectivity index (χ1n) is 8.69. The number of fused-ring (bicyclic) bond motifs is 1. The summed E-state index contributed by atoms with van der Waals surface area (Å²) in [7, 11) is 0. The van der Waals surface area contributed by atoms with E-state index in [4.69, 9.17) is 32.4 Å². The van der Waals surface area contributed by atoms with Crippen molar-refractivity contribution < 1.29 is 13.9 Å². The number of ether oxygens (including phenoxy) is 1. The number of anilines is 1. The number of oxazole rings is 1. The number of nitrogens with one attached hydrogen (secondary N) is 1. The lowest BCUT2D eigenvalue weighted by Crippen LogP contribution is -2.20. The molecule has 2 heterocycles. The van der Waals surface area contributed by atoms with Gasteiger partial charge in [-0.1, -0.05) is 23.2 Å². The molecule has 0 aliphatic heterocycles. The van der Waals surface area contributed by atoms with E-state index in [2.05, 4.69) is 15.3 Å². The molecule has 0 unspecified atom stereocenters. The van der Waals surface area contributed by atoms with Crippen LogP contribution in [0.15, 0.2) is 59.3 Å². The average Bonchev–Trinajstić information content (AvgIpc) is 3.11. The fourth-order valence-corrected chi connectivity index (χ4v) is 3.47. The number of amides is 1. The van der Waals surface area contributed by atoms with Crippen molar-refractivity contribution in [3.63, 3.8) is 0 Å². The molecule has 4 rings (SSSR count). The summed E-state index contributed by atoms with van der Waals surface area (Å²) in [6, 6.07) is 12.2. The van der Waals surface area contributed by atoms with E-state index in [1.807, 2.05) is 19.1 Å². The van der Waals surface area contributed by atoms with Gasteiger partial charge in [-0.2, -0.15) is 0 Å². The lowest BCUT2D eigenvalue weighted by atomic mass is 10.2. The Hall–Kier alpha value is -3.09. The van der Waals surface area contributed by atoms with E-state index in [1.165, 1.54) is 0 Å². The predicted molar refractivity (Wildman–Crippen MR) is 113 cm³/mol. The number of carbonyl (C=O) groups is 1. The summed E-state index contributed by atoms with van der Waals surface area (Å²) in [5, 5.41) is 3.64. The molecule has 1 N–H and O–H groups in total. The fourth-order valence-electron chi connectivity index (χ4n) is 2.82. The quantitative estimate of drug-likeness (QED) is 0.453. The summed E-state index contributed by atoms with van der Waals surface area (Å²) < 4.78 is 11.3. The number of hydrogen-bond donors (Lipinski definition) is 1. The molecular weight excluding hydrogens is 413 g/mol. The summed E-state index contributed by atoms with van der Waals surface area (Å²) in [6.45, 7) is 1.61. The summed E-state index contributed by atoms with van der Waals surface area (Å²) in [5.74, 6) is 0.567. The Morgan fingerprint density at radius 3 is 2.83 bits per heavy atom. The van der Waals surface area contributed by atoms with Gasteiger partial charge in [-0.25, -0.2) is 4.98 Å². The Labute approximate surface area is 176 Å². The number of rotatable bonds is 5. The first-order chi connectivity index (χ1) is 14.0. The molecule has 0 spiro atoms. The Balaban J connectivity index is 1.46. The molecule has 0 aliphatic rings. The normalized spacial score (nSPS) is 10.9. The Kier molecular flexibility index (Phi) is 5.38. The highest BCUT2D eigenvalue weighted by atomic mass is 35.5. The van der Waals surface area contributed by atoms with E-state index in [0.29, 0.717) is 38.5 Å². The van der Waals surface area contributed by atoms with Gasteiger partial charge in [-0.3, -0.25) is 9.78 Å². The van der Waals surface area contributed by atoms with E-state index >= 15 is 0 Å². The second-order valence-electron chi connectivity index (χ2n) is 6.31. The first-order valence-corrected chi connectivity index (χ1v) is 9.44. The van der Waals surface area contributed by atoms with E-state index in [1.54, 1.807) is 42.7 Å². The second-order valence-corrected chi connectivity index (χ2v) is 7.16. The minimum absolute atomic E-state index is 0.194. The van der Waals surface area contributed by atoms with E-state index < -0.39 is 0 Å². The van der Waals surface area contributed by atoms with Crippen LogP contribution in [0.5, 0.6) is 5.75 Å². The van der Waals surface area contributed by atoms with Crippen LogP contribution in [0, 0.1) is 6.92 Å². The maximum absolute atomic E-state index is 12.3. The van der Waals surface area contributed by atoms with Crippen molar-refractivity contribution in [3.8, 4) is 17.2 Å². The lowest BCUT2D eigenvalue weighted by molar-refractivity contribution is -0.118. The number of nitrogens with zero attached hydrogens (tertiary/aromatic N) is 2. The molecule has 4 aromatic rings. The largest absolute Gasteiger partial charge is 0.482 e. The number of benzene rings is 2. The minimum atomic E-state index is -0.328. The van der Waals surface area contributed by atoms with Crippen LogP contribution >= 0.6 is 23.2 Å². The van der Waals surface area contributed by atoms with Crippen molar-refractivity contribution in [1.29, 1.82) is 0 Å². The minimum Gasteiger partial charge on any atom is -0.482 e. The predicted octanol–water partition coefficient (Wildman–Crippen LogP) is 5.52. The molecule has 6 nitrogen and oxygen atoms in total. The van der Waals surface area contributed by atoms with Crippen LogP contribution in [0.25, 0.3) is 22.6 Å². The SMILES string of the molecule is Cc1cc(Cl)cc(Cl)c1OCC(=O)Nc1ccc2oc(-c3cccnc3)nc2c1. The number of pyridine rings is 1. The molecular formula is C21H15Cl2N3O3. The van der Waals surface area contributed by atoms with Crippen LogP contribution in [0.1, 0.15) is 5.56 Å². The fraction of sp³-hybridized carbons (Fsp3) is 0.0952. The maximum Gasteiger partial charge on any atom is 0.262 e. The highest BCUT2D eigenvalue weighted by Crippen LogP contribution is 2.32. The van der Waals surface area contributed by atoms with E-state index in [-0.39, 0.29) is 12.5 Å². The molecule has 1 amide bonds. The molecule has 0 bridgehead atoms. The van der Waals surface area contributed by atoms with Crippen LogP contribution in [-0.2, 0) is 4.79 Å². The summed E-state index contributed by atoms with van der Waals surface area (Å²) in [4.78, 5) is 20.8. The zero-order valence-corrected chi connectivity index (χ0v) is 16.8. The molecule has 0 atom stereocenters. The van der Waals surface area contributed by atoms with E-state index in [0.717, 1.165) is 11.1 Å². The Morgan fingerprint density at radius 2 is 2.07 bits per heavy atom. The molecule has 0 radical (unpaired) electrons. The molecule has 2 aromatic heterocycles. The number of halogens is 2. The monoisotopic (exact) mass is 427 g/mol. The van der Waals surface area contributed by atoms with Gasteiger partial charge in [-0.15, -0.1) is 0 Å². The van der Waals surface area contributed by atoms with Crippen LogP contribution in [-0.4, -0.2) is 22.5 Å². The van der Waals surface area contributed by atoms with Gasteiger partial charge in [0.15, 0.2) is 12.2 Å². The molecule has 2 aromatic carbocycles. The third-order valence-corrected chi connectivity index (χ3v) is 4.62.